The summed E-state index contributed by atoms with van der Waals surface area (Å²) in [6.45, 7) is 1.62. The third-order valence-corrected chi connectivity index (χ3v) is 3.20. The van der Waals surface area contributed by atoms with Gasteiger partial charge in [-0.05, 0) is 47.9 Å². The summed E-state index contributed by atoms with van der Waals surface area (Å²) in [6, 6.07) is 4.42. The fourth-order valence-electron chi connectivity index (χ4n) is 2.21. The monoisotopic (exact) mass is 189 g/mol. The number of nitrogens with two attached hydrogens (primary N) is 1. The minimum atomic E-state index is 0.738. The number of nitrogen functional groups attached to an aromatic ring is 1. The van der Waals surface area contributed by atoms with Crippen molar-refractivity contribution in [3.63, 3.8) is 0 Å². The first-order chi connectivity index (χ1) is 6.84. The lowest BCUT2D eigenvalue weighted by atomic mass is 9.97. The highest BCUT2D eigenvalue weighted by atomic mass is 16.5. The van der Waals surface area contributed by atoms with Gasteiger partial charge in [0, 0.05) is 5.69 Å². The number of ether oxygens (including phenoxy) is 1. The molecule has 1 saturated carbocycles. The molecule has 0 aromatic heterocycles. The number of rotatable bonds is 1. The summed E-state index contributed by atoms with van der Waals surface area (Å²) >= 11 is 0. The maximum Gasteiger partial charge on any atom is 0.0719 e. The molecule has 2 N–H and O–H groups in total. The lowest BCUT2D eigenvalue weighted by molar-refractivity contribution is 0.110. The molecule has 0 spiro atoms. The summed E-state index contributed by atoms with van der Waals surface area (Å²) in [5.41, 5.74) is 11.1. The summed E-state index contributed by atoms with van der Waals surface area (Å²) in [5.74, 6) is 0.738. The Balaban J connectivity index is 2.05. The Hall–Kier alpha value is -1.02. The van der Waals surface area contributed by atoms with Gasteiger partial charge < -0.3 is 10.5 Å². The van der Waals surface area contributed by atoms with Crippen LogP contribution in [0.1, 0.15) is 35.4 Å². The lowest BCUT2D eigenvalue weighted by Gasteiger charge is -2.18. The molecule has 0 saturated heterocycles. The third-order valence-electron chi connectivity index (χ3n) is 3.20. The summed E-state index contributed by atoms with van der Waals surface area (Å²) in [4.78, 5) is 0. The molecule has 0 amide bonds. The van der Waals surface area contributed by atoms with Gasteiger partial charge in [-0.25, -0.2) is 0 Å². The van der Waals surface area contributed by atoms with Crippen molar-refractivity contribution < 1.29 is 4.74 Å². The van der Waals surface area contributed by atoms with Crippen molar-refractivity contribution in [1.29, 1.82) is 0 Å². The van der Waals surface area contributed by atoms with Crippen molar-refractivity contribution in [3.05, 3.63) is 28.8 Å². The fraction of sp³-hybridized carbons (Fsp3) is 0.500. The van der Waals surface area contributed by atoms with Gasteiger partial charge in [0.25, 0.3) is 0 Å². The molecule has 2 heteroatoms. The summed E-state index contributed by atoms with van der Waals surface area (Å²) in [7, 11) is 0. The van der Waals surface area contributed by atoms with Gasteiger partial charge in [0.15, 0.2) is 0 Å². The van der Waals surface area contributed by atoms with Crippen LogP contribution in [-0.4, -0.2) is 6.61 Å². The first-order valence-electron chi connectivity index (χ1n) is 5.33. The van der Waals surface area contributed by atoms with E-state index in [1.807, 2.05) is 0 Å². The number of benzene rings is 1. The van der Waals surface area contributed by atoms with Crippen LogP contribution in [0.4, 0.5) is 5.69 Å². The normalized spacial score (nSPS) is 20.6. The summed E-state index contributed by atoms with van der Waals surface area (Å²) < 4.78 is 5.45. The molecule has 1 fully saturated rings. The van der Waals surface area contributed by atoms with E-state index in [4.69, 9.17) is 10.5 Å². The van der Waals surface area contributed by atoms with Gasteiger partial charge in [0.1, 0.15) is 0 Å². The highest BCUT2D eigenvalue weighted by Gasteiger charge is 2.26. The van der Waals surface area contributed by atoms with Crippen LogP contribution in [0, 0.1) is 0 Å². The Bertz CT molecular complexity index is 369. The first-order valence-corrected chi connectivity index (χ1v) is 5.33. The van der Waals surface area contributed by atoms with Gasteiger partial charge in [0.2, 0.25) is 0 Å². The molecular formula is C12H15NO. The van der Waals surface area contributed by atoms with E-state index in [1.54, 1.807) is 0 Å². The average Bonchev–Trinajstić information content (AvgIpc) is 3.00. The number of anilines is 1. The molecule has 0 bridgehead atoms. The molecule has 0 atom stereocenters. The maximum atomic E-state index is 6.04. The van der Waals surface area contributed by atoms with Gasteiger partial charge in [0.05, 0.1) is 13.2 Å². The number of fused-ring (bicyclic) bond motifs is 1. The molecule has 14 heavy (non-hydrogen) atoms. The molecule has 3 rings (SSSR count). The maximum absolute atomic E-state index is 6.04. The predicted octanol–water partition coefficient (Wildman–Crippen LogP) is 2.22. The van der Waals surface area contributed by atoms with Crippen LogP contribution in [0.2, 0.25) is 0 Å². The van der Waals surface area contributed by atoms with Crippen LogP contribution in [-0.2, 0) is 17.8 Å². The standard InChI is InChI=1S/C12H15NO/c13-12-6-9-3-4-14-7-10(9)5-11(12)8-1-2-8/h5-6,8H,1-4,7,13H2. The summed E-state index contributed by atoms with van der Waals surface area (Å²) in [6.07, 6.45) is 3.64. The van der Waals surface area contributed by atoms with E-state index in [1.165, 1.54) is 29.5 Å². The van der Waals surface area contributed by atoms with Crippen molar-refractivity contribution in [2.45, 2.75) is 31.8 Å². The predicted molar refractivity (Wildman–Crippen MR) is 56.2 cm³/mol. The third kappa shape index (κ3) is 1.30. The highest BCUT2D eigenvalue weighted by molar-refractivity contribution is 5.55. The second-order valence-electron chi connectivity index (χ2n) is 4.33. The molecule has 2 nitrogen and oxygen atoms in total. The summed E-state index contributed by atoms with van der Waals surface area (Å²) in [5, 5.41) is 0. The van der Waals surface area contributed by atoms with Crippen molar-refractivity contribution in [1.82, 2.24) is 0 Å². The molecule has 0 radical (unpaired) electrons. The largest absolute Gasteiger partial charge is 0.398 e. The Labute approximate surface area is 84.1 Å². The van der Waals surface area contributed by atoms with E-state index in [0.717, 1.165) is 31.2 Å². The first kappa shape index (κ1) is 8.30. The number of hydrogen-bond acceptors (Lipinski definition) is 2. The second kappa shape index (κ2) is 2.99. The molecule has 0 unspecified atom stereocenters. The zero-order chi connectivity index (χ0) is 9.54. The number of hydrogen-bond donors (Lipinski definition) is 1. The zero-order valence-corrected chi connectivity index (χ0v) is 8.25. The molecule has 74 valence electrons. The molecule has 1 aliphatic carbocycles. The van der Waals surface area contributed by atoms with E-state index in [0.29, 0.717) is 0 Å². The Kier molecular flexibility index (Phi) is 1.77. The van der Waals surface area contributed by atoms with Gasteiger partial charge in [-0.1, -0.05) is 6.07 Å². The van der Waals surface area contributed by atoms with E-state index in [2.05, 4.69) is 12.1 Å². The smallest absolute Gasteiger partial charge is 0.0719 e. The highest BCUT2D eigenvalue weighted by Crippen LogP contribution is 2.43. The van der Waals surface area contributed by atoms with Crippen molar-refractivity contribution >= 4 is 5.69 Å². The Morgan fingerprint density at radius 1 is 1.21 bits per heavy atom. The van der Waals surface area contributed by atoms with Gasteiger partial charge in [-0.15, -0.1) is 0 Å². The van der Waals surface area contributed by atoms with Crippen LogP contribution in [0.25, 0.3) is 0 Å². The average molecular weight is 189 g/mol. The molecule has 1 aliphatic heterocycles. The van der Waals surface area contributed by atoms with E-state index in [-0.39, 0.29) is 0 Å². The minimum Gasteiger partial charge on any atom is -0.398 e. The van der Waals surface area contributed by atoms with Gasteiger partial charge in [-0.3, -0.25) is 0 Å². The molecular weight excluding hydrogens is 174 g/mol. The molecule has 1 aromatic carbocycles. The second-order valence-corrected chi connectivity index (χ2v) is 4.33. The van der Waals surface area contributed by atoms with Crippen molar-refractivity contribution in [2.24, 2.45) is 0 Å². The van der Waals surface area contributed by atoms with Crippen LogP contribution in [0.15, 0.2) is 12.1 Å². The minimum absolute atomic E-state index is 0.738. The van der Waals surface area contributed by atoms with E-state index < -0.39 is 0 Å². The van der Waals surface area contributed by atoms with Crippen LogP contribution >= 0.6 is 0 Å². The van der Waals surface area contributed by atoms with E-state index in [9.17, 15) is 0 Å². The van der Waals surface area contributed by atoms with E-state index >= 15 is 0 Å². The van der Waals surface area contributed by atoms with Crippen molar-refractivity contribution in [3.8, 4) is 0 Å². The lowest BCUT2D eigenvalue weighted by Crippen LogP contribution is -2.11. The zero-order valence-electron chi connectivity index (χ0n) is 8.25. The van der Waals surface area contributed by atoms with Gasteiger partial charge >= 0.3 is 0 Å². The Morgan fingerprint density at radius 2 is 2.07 bits per heavy atom. The van der Waals surface area contributed by atoms with Crippen LogP contribution in [0.3, 0.4) is 0 Å². The van der Waals surface area contributed by atoms with Gasteiger partial charge in [-0.2, -0.15) is 0 Å². The topological polar surface area (TPSA) is 35.2 Å². The quantitative estimate of drug-likeness (QED) is 0.687. The Morgan fingerprint density at radius 3 is 2.86 bits per heavy atom. The molecule has 1 aromatic rings. The van der Waals surface area contributed by atoms with Crippen molar-refractivity contribution in [2.75, 3.05) is 12.3 Å². The molecule has 2 aliphatic rings. The SMILES string of the molecule is Nc1cc2c(cc1C1CC1)COCC2. The fourth-order valence-corrected chi connectivity index (χ4v) is 2.21. The van der Waals surface area contributed by atoms with Crippen LogP contribution < -0.4 is 5.73 Å². The van der Waals surface area contributed by atoms with Crippen LogP contribution in [0.5, 0.6) is 0 Å². The molecule has 1 heterocycles.